The average Bonchev–Trinajstić information content (AvgIpc) is 2.37. The first-order valence-electron chi connectivity index (χ1n) is 5.79. The molecule has 0 aliphatic rings. The number of halogens is 1. The molecule has 0 aliphatic carbocycles. The van der Waals surface area contributed by atoms with Crippen molar-refractivity contribution >= 4 is 13.6 Å². The van der Waals surface area contributed by atoms with E-state index in [-0.39, 0.29) is 0 Å². The van der Waals surface area contributed by atoms with Crippen molar-refractivity contribution in [3.8, 4) is 5.75 Å². The van der Waals surface area contributed by atoms with Gasteiger partial charge in [0.2, 0.25) is 0 Å². The van der Waals surface area contributed by atoms with Gasteiger partial charge in [-0.15, -0.1) is 12.1 Å². The van der Waals surface area contributed by atoms with E-state index in [2.05, 4.69) is 26.6 Å². The van der Waals surface area contributed by atoms with Crippen molar-refractivity contribution < 1.29 is 21.1 Å². The molecule has 0 amide bonds. The Kier molecular flexibility index (Phi) is 13.3. The normalized spacial score (nSPS) is 9.25. The summed E-state index contributed by atoms with van der Waals surface area (Å²) in [6.45, 7) is 3.07. The number of rotatable bonds is 7. The van der Waals surface area contributed by atoms with Gasteiger partial charge in [0.25, 0.3) is 0 Å². The minimum atomic E-state index is 0.841. The van der Waals surface area contributed by atoms with Crippen LogP contribution >= 0.6 is 13.6 Å². The third kappa shape index (κ3) is 9.36. The van der Waals surface area contributed by atoms with Gasteiger partial charge in [0.05, 0.1) is 6.61 Å². The van der Waals surface area contributed by atoms with Crippen LogP contribution in [0.4, 0.5) is 0 Å². The van der Waals surface area contributed by atoms with Gasteiger partial charge in [0, 0.05) is 5.75 Å². The van der Waals surface area contributed by atoms with E-state index in [4.69, 9.17) is 4.74 Å². The summed E-state index contributed by atoms with van der Waals surface area (Å²) in [5, 5.41) is 0. The van der Waals surface area contributed by atoms with Gasteiger partial charge in [-0.05, 0) is 6.42 Å². The first-order chi connectivity index (χ1) is 7.93. The summed E-state index contributed by atoms with van der Waals surface area (Å²) in [5.41, 5.74) is 0. The van der Waals surface area contributed by atoms with Gasteiger partial charge in [0.15, 0.2) is 0 Å². The maximum atomic E-state index is 5.57. The third-order valence-corrected chi connectivity index (χ3v) is 2.20. The monoisotopic (exact) mass is 334 g/mol. The van der Waals surface area contributed by atoms with E-state index in [0.717, 1.165) is 12.4 Å². The van der Waals surface area contributed by atoms with Gasteiger partial charge >= 0.3 is 30.0 Å². The van der Waals surface area contributed by atoms with E-state index in [1.165, 1.54) is 48.4 Å². The predicted octanol–water partition coefficient (Wildman–Crippen LogP) is 4.68. The van der Waals surface area contributed by atoms with Gasteiger partial charge in [-0.2, -0.15) is 18.2 Å². The molecular weight excluding hydrogens is 317 g/mol. The van der Waals surface area contributed by atoms with Gasteiger partial charge < -0.3 is 4.74 Å². The van der Waals surface area contributed by atoms with Crippen molar-refractivity contribution in [3.63, 3.8) is 0 Å². The molecule has 1 nitrogen and oxygen atoms in total. The number of hydrogen-bond acceptors (Lipinski definition) is 1. The molecule has 0 fully saturated rings. The topological polar surface area (TPSA) is 9.23 Å². The van der Waals surface area contributed by atoms with Crippen molar-refractivity contribution in [3.05, 3.63) is 30.3 Å². The molecule has 0 aromatic heterocycles. The zero-order chi connectivity index (χ0) is 12.1. The van der Waals surface area contributed by atoms with Crippen molar-refractivity contribution in [2.45, 2.75) is 39.0 Å². The molecule has 0 radical (unpaired) electrons. The van der Waals surface area contributed by atoms with Gasteiger partial charge in [-0.1, -0.05) is 32.6 Å². The summed E-state index contributed by atoms with van der Waals surface area (Å²) in [6.07, 6.45) is 6.43. The zero-order valence-electron chi connectivity index (χ0n) is 10.0. The molecule has 0 saturated carbocycles. The Hall–Kier alpha value is 0.123. The van der Waals surface area contributed by atoms with E-state index in [9.17, 15) is 0 Å². The van der Waals surface area contributed by atoms with Crippen LogP contribution in [-0.4, -0.2) is 6.61 Å². The minimum absolute atomic E-state index is 0.841. The Bertz CT molecular complexity index is 229. The molecule has 0 spiro atoms. The van der Waals surface area contributed by atoms with E-state index < -0.39 is 0 Å². The van der Waals surface area contributed by atoms with E-state index in [0.29, 0.717) is 0 Å². The summed E-state index contributed by atoms with van der Waals surface area (Å²) in [7, 11) is 0. The molecule has 0 heterocycles. The Morgan fingerprint density at radius 2 is 1.75 bits per heavy atom. The van der Waals surface area contributed by atoms with Gasteiger partial charge in [-0.25, -0.2) is 0 Å². The Morgan fingerprint density at radius 3 is 2.38 bits per heavy atom. The van der Waals surface area contributed by atoms with E-state index in [1.54, 1.807) is 0 Å². The summed E-state index contributed by atoms with van der Waals surface area (Å²) in [4.78, 5) is 0. The SMILES string of the molecule is CCCCCCCOc1cc[c-]cc1.[Zn+][Br]. The molecule has 0 atom stereocenters. The van der Waals surface area contributed by atoms with E-state index in [1.807, 2.05) is 24.3 Å². The molecule has 1 aromatic carbocycles. The molecule has 16 heavy (non-hydrogen) atoms. The number of benzene rings is 1. The maximum absolute atomic E-state index is 5.57. The first kappa shape index (κ1) is 16.1. The average molecular weight is 337 g/mol. The van der Waals surface area contributed by atoms with Crippen molar-refractivity contribution in [2.75, 3.05) is 6.61 Å². The summed E-state index contributed by atoms with van der Waals surface area (Å²) >= 11 is 4.25. The predicted molar refractivity (Wildman–Crippen MR) is 68.5 cm³/mol. The number of unbranched alkanes of at least 4 members (excludes halogenated alkanes) is 4. The Morgan fingerprint density at radius 1 is 1.12 bits per heavy atom. The molecule has 1 rings (SSSR count). The molecule has 3 heteroatoms. The molecule has 0 saturated heterocycles. The Labute approximate surface area is 116 Å². The number of ether oxygens (including phenoxy) is 1. The second-order valence-corrected chi connectivity index (χ2v) is 3.50. The molecule has 0 unspecified atom stereocenters. The molecule has 0 N–H and O–H groups in total. The zero-order valence-corrected chi connectivity index (χ0v) is 14.6. The first-order valence-corrected chi connectivity index (χ1v) is 12.7. The van der Waals surface area contributed by atoms with Crippen LogP contribution in [0, 0.1) is 6.07 Å². The summed E-state index contributed by atoms with van der Waals surface area (Å²) in [5.74, 6) is 0.958. The molecule has 86 valence electrons. The van der Waals surface area contributed by atoms with E-state index >= 15 is 0 Å². The van der Waals surface area contributed by atoms with Crippen molar-refractivity contribution in [1.82, 2.24) is 0 Å². The number of hydrogen-bond donors (Lipinski definition) is 0. The van der Waals surface area contributed by atoms with Crippen LogP contribution in [0.1, 0.15) is 39.0 Å². The Balaban J connectivity index is 0.00000106. The second-order valence-electron chi connectivity index (χ2n) is 3.50. The fraction of sp³-hybridized carbons (Fsp3) is 0.538. The fourth-order valence-electron chi connectivity index (χ4n) is 1.36. The molecule has 1 aromatic rings. The third-order valence-electron chi connectivity index (χ3n) is 2.20. The molecule has 0 aliphatic heterocycles. The van der Waals surface area contributed by atoms with Gasteiger partial charge in [-0.3, -0.25) is 0 Å². The van der Waals surface area contributed by atoms with Gasteiger partial charge in [0.1, 0.15) is 0 Å². The van der Waals surface area contributed by atoms with Crippen molar-refractivity contribution in [2.24, 2.45) is 0 Å². The molecular formula is C13H19BrOZn. The van der Waals surface area contributed by atoms with Crippen LogP contribution in [0.3, 0.4) is 0 Å². The molecule has 0 bridgehead atoms. The van der Waals surface area contributed by atoms with Crippen LogP contribution < -0.4 is 4.74 Å². The second kappa shape index (κ2) is 13.2. The standard InChI is InChI=1S/C13H19O.BrH.Zn/c1-2-3-4-5-9-12-14-13-10-7-6-8-11-13;;/h7-8,10-11H,2-5,9,12H2,1H3;1H;/q-1;;+2/p-1. The fourth-order valence-corrected chi connectivity index (χ4v) is 1.36. The summed E-state index contributed by atoms with van der Waals surface area (Å²) < 4.78 is 5.57. The van der Waals surface area contributed by atoms with Crippen LogP contribution in [0.2, 0.25) is 0 Å². The van der Waals surface area contributed by atoms with Crippen LogP contribution in [0.25, 0.3) is 0 Å². The van der Waals surface area contributed by atoms with Crippen molar-refractivity contribution in [1.29, 1.82) is 0 Å². The van der Waals surface area contributed by atoms with Crippen LogP contribution in [0.5, 0.6) is 5.75 Å². The van der Waals surface area contributed by atoms with Crippen LogP contribution in [-0.2, 0) is 16.3 Å². The summed E-state index contributed by atoms with van der Waals surface area (Å²) in [6, 6.07) is 10.6. The van der Waals surface area contributed by atoms with Crippen LogP contribution in [0.15, 0.2) is 24.3 Å². The quantitative estimate of drug-likeness (QED) is 0.399.